The fraction of sp³-hybridized carbons (Fsp3) is 0.417. The SMILES string of the molecule is CC(O)CC(C)NC(=O)c1cc(Br)cc(S(N)(=O)=O)c1F. The van der Waals surface area contributed by atoms with E-state index in [1.807, 2.05) is 0 Å². The molecule has 0 bridgehead atoms. The molecule has 0 saturated carbocycles. The lowest BCUT2D eigenvalue weighted by Crippen LogP contribution is -2.35. The predicted octanol–water partition coefficient (Wildman–Crippen LogP) is 1.12. The number of benzene rings is 1. The molecule has 9 heteroatoms. The molecule has 6 nitrogen and oxygen atoms in total. The zero-order chi connectivity index (χ0) is 16.4. The maximum atomic E-state index is 14.1. The van der Waals surface area contributed by atoms with Gasteiger partial charge in [0.1, 0.15) is 4.90 Å². The van der Waals surface area contributed by atoms with Crippen molar-refractivity contribution in [2.24, 2.45) is 5.14 Å². The highest BCUT2D eigenvalue weighted by Crippen LogP contribution is 2.23. The van der Waals surface area contributed by atoms with E-state index in [-0.39, 0.29) is 10.9 Å². The van der Waals surface area contributed by atoms with Crippen molar-refractivity contribution in [1.29, 1.82) is 0 Å². The average Bonchev–Trinajstić information content (AvgIpc) is 2.28. The fourth-order valence-electron chi connectivity index (χ4n) is 1.81. The van der Waals surface area contributed by atoms with Crippen LogP contribution in [0.5, 0.6) is 0 Å². The van der Waals surface area contributed by atoms with Crippen LogP contribution in [-0.4, -0.2) is 31.6 Å². The Morgan fingerprint density at radius 3 is 2.52 bits per heavy atom. The van der Waals surface area contributed by atoms with Crippen molar-refractivity contribution in [3.63, 3.8) is 0 Å². The summed E-state index contributed by atoms with van der Waals surface area (Å²) in [6.45, 7) is 3.20. The summed E-state index contributed by atoms with van der Waals surface area (Å²) >= 11 is 3.01. The molecule has 0 aromatic heterocycles. The van der Waals surface area contributed by atoms with Gasteiger partial charge >= 0.3 is 0 Å². The smallest absolute Gasteiger partial charge is 0.254 e. The number of sulfonamides is 1. The van der Waals surface area contributed by atoms with Gasteiger partial charge in [0.15, 0.2) is 5.82 Å². The second-order valence-electron chi connectivity index (χ2n) is 4.77. The first-order valence-electron chi connectivity index (χ1n) is 6.03. The first kappa shape index (κ1) is 18.0. The zero-order valence-electron chi connectivity index (χ0n) is 11.4. The summed E-state index contributed by atoms with van der Waals surface area (Å²) in [5.74, 6) is -1.99. The third-order valence-corrected chi connectivity index (χ3v) is 4.00. The predicted molar refractivity (Wildman–Crippen MR) is 78.7 cm³/mol. The van der Waals surface area contributed by atoms with Crippen molar-refractivity contribution in [3.8, 4) is 0 Å². The Morgan fingerprint density at radius 2 is 2.05 bits per heavy atom. The van der Waals surface area contributed by atoms with Gasteiger partial charge in [-0.15, -0.1) is 0 Å². The van der Waals surface area contributed by atoms with Crippen molar-refractivity contribution >= 4 is 31.9 Å². The van der Waals surface area contributed by atoms with Crippen molar-refractivity contribution in [2.45, 2.75) is 37.3 Å². The van der Waals surface area contributed by atoms with Crippen LogP contribution in [0, 0.1) is 5.82 Å². The number of carbonyl (C=O) groups excluding carboxylic acids is 1. The van der Waals surface area contributed by atoms with E-state index in [0.717, 1.165) is 12.1 Å². The summed E-state index contributed by atoms with van der Waals surface area (Å²) in [7, 11) is -4.28. The van der Waals surface area contributed by atoms with Crippen LogP contribution in [0.15, 0.2) is 21.5 Å². The van der Waals surface area contributed by atoms with Crippen molar-refractivity contribution < 1.29 is 22.7 Å². The van der Waals surface area contributed by atoms with Gasteiger partial charge in [-0.3, -0.25) is 4.79 Å². The molecule has 0 radical (unpaired) electrons. The van der Waals surface area contributed by atoms with E-state index in [1.54, 1.807) is 13.8 Å². The molecule has 21 heavy (non-hydrogen) atoms. The molecule has 2 atom stereocenters. The molecular weight excluding hydrogens is 367 g/mol. The van der Waals surface area contributed by atoms with Crippen molar-refractivity contribution in [3.05, 3.63) is 28.0 Å². The Kier molecular flexibility index (Phi) is 5.85. The Labute approximate surface area is 130 Å². The van der Waals surface area contributed by atoms with Gasteiger partial charge in [-0.25, -0.2) is 17.9 Å². The molecule has 0 fully saturated rings. The molecule has 0 aliphatic carbocycles. The quantitative estimate of drug-likeness (QED) is 0.708. The highest BCUT2D eigenvalue weighted by atomic mass is 79.9. The number of hydrogen-bond acceptors (Lipinski definition) is 4. The van der Waals surface area contributed by atoms with Crippen LogP contribution in [0.25, 0.3) is 0 Å². The van der Waals surface area contributed by atoms with Gasteiger partial charge in [0.2, 0.25) is 10.0 Å². The Bertz CT molecular complexity index is 649. The highest BCUT2D eigenvalue weighted by molar-refractivity contribution is 9.10. The fourth-order valence-corrected chi connectivity index (χ4v) is 3.07. The molecular formula is C12H16BrFN2O4S. The molecule has 1 aromatic rings. The van der Waals surface area contributed by atoms with Gasteiger partial charge in [-0.2, -0.15) is 0 Å². The number of aliphatic hydroxyl groups excluding tert-OH is 1. The third kappa shape index (κ3) is 5.03. The summed E-state index contributed by atoms with van der Waals surface area (Å²) < 4.78 is 36.9. The number of hydrogen-bond donors (Lipinski definition) is 3. The van der Waals surface area contributed by atoms with E-state index in [0.29, 0.717) is 0 Å². The molecule has 1 aromatic carbocycles. The average molecular weight is 383 g/mol. The molecule has 0 aliphatic heterocycles. The van der Waals surface area contributed by atoms with Gasteiger partial charge in [-0.05, 0) is 32.4 Å². The third-order valence-electron chi connectivity index (χ3n) is 2.63. The second kappa shape index (κ2) is 6.82. The number of aliphatic hydroxyl groups is 1. The van der Waals surface area contributed by atoms with E-state index >= 15 is 0 Å². The minimum Gasteiger partial charge on any atom is -0.393 e. The summed E-state index contributed by atoms with van der Waals surface area (Å²) in [6.07, 6.45) is -0.351. The molecule has 4 N–H and O–H groups in total. The maximum absolute atomic E-state index is 14.1. The van der Waals surface area contributed by atoms with Gasteiger partial charge in [0.25, 0.3) is 5.91 Å². The van der Waals surface area contributed by atoms with Crippen LogP contribution in [0.3, 0.4) is 0 Å². The summed E-state index contributed by atoms with van der Waals surface area (Å²) in [4.78, 5) is 11.2. The second-order valence-corrected chi connectivity index (χ2v) is 7.22. The number of amides is 1. The van der Waals surface area contributed by atoms with Gasteiger partial charge in [-0.1, -0.05) is 15.9 Å². The normalized spacial score (nSPS) is 14.6. The monoisotopic (exact) mass is 382 g/mol. The largest absolute Gasteiger partial charge is 0.393 e. The topological polar surface area (TPSA) is 109 Å². The number of rotatable bonds is 5. The van der Waals surface area contributed by atoms with Crippen LogP contribution in [0.1, 0.15) is 30.6 Å². The molecule has 0 aliphatic rings. The summed E-state index contributed by atoms with van der Waals surface area (Å²) in [6, 6.07) is 1.74. The highest BCUT2D eigenvalue weighted by Gasteiger charge is 2.23. The molecule has 1 rings (SSSR count). The maximum Gasteiger partial charge on any atom is 0.254 e. The first-order chi connectivity index (χ1) is 9.52. The number of primary sulfonamides is 1. The van der Waals surface area contributed by atoms with Crippen LogP contribution in [-0.2, 0) is 10.0 Å². The lowest BCUT2D eigenvalue weighted by molar-refractivity contribution is 0.0918. The van der Waals surface area contributed by atoms with Gasteiger partial charge in [0, 0.05) is 10.5 Å². The van der Waals surface area contributed by atoms with Crippen LogP contribution < -0.4 is 10.5 Å². The first-order valence-corrected chi connectivity index (χ1v) is 8.37. The molecule has 2 unspecified atom stereocenters. The Morgan fingerprint density at radius 1 is 1.48 bits per heavy atom. The minimum atomic E-state index is -4.28. The van der Waals surface area contributed by atoms with Gasteiger partial charge in [0.05, 0.1) is 11.7 Å². The number of nitrogens with two attached hydrogens (primary N) is 1. The molecule has 118 valence electrons. The lowest BCUT2D eigenvalue weighted by Gasteiger charge is -2.16. The Balaban J connectivity index is 3.14. The van der Waals surface area contributed by atoms with Crippen LogP contribution in [0.2, 0.25) is 0 Å². The molecule has 0 saturated heterocycles. The summed E-state index contributed by atoms with van der Waals surface area (Å²) in [5, 5.41) is 16.6. The van der Waals surface area contributed by atoms with Gasteiger partial charge < -0.3 is 10.4 Å². The van der Waals surface area contributed by atoms with Crippen molar-refractivity contribution in [2.75, 3.05) is 0 Å². The van der Waals surface area contributed by atoms with E-state index in [1.165, 1.54) is 0 Å². The van der Waals surface area contributed by atoms with E-state index in [2.05, 4.69) is 21.2 Å². The van der Waals surface area contributed by atoms with Crippen LogP contribution >= 0.6 is 15.9 Å². The molecule has 1 amide bonds. The minimum absolute atomic E-state index is 0.209. The molecule has 0 spiro atoms. The number of carbonyl (C=O) groups is 1. The summed E-state index contributed by atoms with van der Waals surface area (Å²) in [5.41, 5.74) is -0.439. The number of nitrogens with one attached hydrogen (secondary N) is 1. The van der Waals surface area contributed by atoms with Crippen molar-refractivity contribution in [1.82, 2.24) is 5.32 Å². The van der Waals surface area contributed by atoms with E-state index in [9.17, 15) is 22.7 Å². The number of halogens is 2. The van der Waals surface area contributed by atoms with E-state index in [4.69, 9.17) is 5.14 Å². The Hall–Kier alpha value is -1.03. The standard InChI is InChI=1S/C12H16BrFN2O4S/c1-6(3-7(2)17)16-12(18)9-4-8(13)5-10(11(9)14)21(15,19)20/h4-7,17H,3H2,1-2H3,(H,16,18)(H2,15,19,20). The molecule has 0 heterocycles. The zero-order valence-corrected chi connectivity index (χ0v) is 13.8. The van der Waals surface area contributed by atoms with E-state index < -0.39 is 44.4 Å². The van der Waals surface area contributed by atoms with Crippen LogP contribution in [0.4, 0.5) is 4.39 Å². The lowest BCUT2D eigenvalue weighted by atomic mass is 10.1.